The highest BCUT2D eigenvalue weighted by atomic mass is 16.5. The number of rotatable bonds is 8. The van der Waals surface area contributed by atoms with Gasteiger partial charge in [-0.15, -0.1) is 0 Å². The highest BCUT2D eigenvalue weighted by Gasteiger charge is 2.09. The van der Waals surface area contributed by atoms with Crippen molar-refractivity contribution >= 4 is 17.6 Å². The summed E-state index contributed by atoms with van der Waals surface area (Å²) in [4.78, 5) is 23.3. The lowest BCUT2D eigenvalue weighted by molar-refractivity contribution is -0.115. The van der Waals surface area contributed by atoms with Crippen LogP contribution in [0.15, 0.2) is 24.3 Å². The summed E-state index contributed by atoms with van der Waals surface area (Å²) in [6, 6.07) is 6.68. The minimum atomic E-state index is -0.357. The van der Waals surface area contributed by atoms with E-state index < -0.39 is 0 Å². The van der Waals surface area contributed by atoms with Gasteiger partial charge in [-0.25, -0.2) is 4.79 Å². The molecule has 0 unspecified atom stereocenters. The van der Waals surface area contributed by atoms with Gasteiger partial charge in [0.25, 0.3) is 0 Å². The van der Waals surface area contributed by atoms with Crippen LogP contribution in [-0.4, -0.2) is 31.1 Å². The number of benzene rings is 1. The first kappa shape index (κ1) is 17.2. The molecule has 0 atom stereocenters. The Labute approximate surface area is 126 Å². The third kappa shape index (κ3) is 6.90. The van der Waals surface area contributed by atoms with Crippen LogP contribution in [0, 0.1) is 0 Å². The molecule has 0 aromatic heterocycles. The van der Waals surface area contributed by atoms with Crippen molar-refractivity contribution < 1.29 is 14.3 Å². The summed E-state index contributed by atoms with van der Waals surface area (Å²) in [5, 5.41) is 5.84. The van der Waals surface area contributed by atoms with Crippen LogP contribution >= 0.6 is 0 Å². The molecule has 0 bridgehead atoms. The fourth-order valence-electron chi connectivity index (χ4n) is 1.68. The number of hydrogen-bond acceptors (Lipinski definition) is 4. The Balaban J connectivity index is 2.43. The van der Waals surface area contributed by atoms with Crippen LogP contribution in [0.5, 0.6) is 0 Å². The van der Waals surface area contributed by atoms with Gasteiger partial charge in [-0.1, -0.05) is 13.3 Å². The van der Waals surface area contributed by atoms with E-state index in [9.17, 15) is 9.59 Å². The molecule has 5 nitrogen and oxygen atoms in total. The second kappa shape index (κ2) is 9.13. The molecule has 0 aliphatic heterocycles. The maximum atomic E-state index is 11.7. The van der Waals surface area contributed by atoms with Gasteiger partial charge in [0, 0.05) is 5.69 Å². The molecule has 0 heterocycles. The van der Waals surface area contributed by atoms with Gasteiger partial charge < -0.3 is 15.4 Å². The van der Waals surface area contributed by atoms with Crippen LogP contribution in [-0.2, 0) is 9.53 Å². The third-order valence-electron chi connectivity index (χ3n) is 2.74. The van der Waals surface area contributed by atoms with Crippen LogP contribution in [0.3, 0.4) is 0 Å². The minimum absolute atomic E-state index is 0.0939. The van der Waals surface area contributed by atoms with Crippen LogP contribution in [0.25, 0.3) is 0 Å². The summed E-state index contributed by atoms with van der Waals surface area (Å²) in [5.41, 5.74) is 1.14. The molecule has 0 spiro atoms. The van der Waals surface area contributed by atoms with Crippen LogP contribution in [0.4, 0.5) is 5.69 Å². The van der Waals surface area contributed by atoms with Crippen molar-refractivity contribution in [2.75, 3.05) is 18.4 Å². The predicted octanol–water partition coefficient (Wildman–Crippen LogP) is 2.58. The molecule has 0 saturated heterocycles. The molecule has 21 heavy (non-hydrogen) atoms. The molecule has 0 saturated carbocycles. The van der Waals surface area contributed by atoms with Gasteiger partial charge in [0.05, 0.1) is 18.2 Å². The van der Waals surface area contributed by atoms with Gasteiger partial charge in [-0.2, -0.15) is 0 Å². The first-order valence-electron chi connectivity index (χ1n) is 7.34. The quantitative estimate of drug-likeness (QED) is 0.571. The first-order chi connectivity index (χ1) is 10.0. The lowest BCUT2D eigenvalue weighted by Crippen LogP contribution is -2.28. The second-order valence-electron chi connectivity index (χ2n) is 5.11. The van der Waals surface area contributed by atoms with Gasteiger partial charge in [0.1, 0.15) is 0 Å². The van der Waals surface area contributed by atoms with Crippen molar-refractivity contribution in [1.29, 1.82) is 0 Å². The average Bonchev–Trinajstić information content (AvgIpc) is 2.43. The minimum Gasteiger partial charge on any atom is -0.459 e. The van der Waals surface area contributed by atoms with Gasteiger partial charge in [-0.3, -0.25) is 4.79 Å². The second-order valence-corrected chi connectivity index (χ2v) is 5.11. The van der Waals surface area contributed by atoms with Gasteiger partial charge in [0.2, 0.25) is 5.91 Å². The molecular formula is C16H24N2O3. The molecule has 0 fully saturated rings. The molecule has 1 amide bonds. The first-order valence-corrected chi connectivity index (χ1v) is 7.34. The Hall–Kier alpha value is -1.88. The maximum Gasteiger partial charge on any atom is 0.338 e. The van der Waals surface area contributed by atoms with Crippen LogP contribution < -0.4 is 10.6 Å². The van der Waals surface area contributed by atoms with Crippen LogP contribution in [0.1, 0.15) is 44.0 Å². The fourth-order valence-corrected chi connectivity index (χ4v) is 1.68. The topological polar surface area (TPSA) is 67.4 Å². The van der Waals surface area contributed by atoms with Crippen LogP contribution in [0.2, 0.25) is 0 Å². The summed E-state index contributed by atoms with van der Waals surface area (Å²) in [6.07, 6.45) is 2.01. The summed E-state index contributed by atoms with van der Waals surface area (Å²) >= 11 is 0. The average molecular weight is 292 g/mol. The molecule has 1 rings (SSSR count). The summed E-state index contributed by atoms with van der Waals surface area (Å²) in [7, 11) is 0. The van der Waals surface area contributed by atoms with E-state index in [1.54, 1.807) is 38.1 Å². The van der Waals surface area contributed by atoms with E-state index in [2.05, 4.69) is 17.6 Å². The summed E-state index contributed by atoms with van der Waals surface area (Å²) in [6.45, 7) is 6.84. The van der Waals surface area contributed by atoms with Crippen molar-refractivity contribution in [3.63, 3.8) is 0 Å². The predicted molar refractivity (Wildman–Crippen MR) is 83.4 cm³/mol. The summed E-state index contributed by atoms with van der Waals surface area (Å²) < 4.78 is 5.10. The van der Waals surface area contributed by atoms with Gasteiger partial charge in [-0.05, 0) is 51.1 Å². The zero-order chi connectivity index (χ0) is 15.7. The van der Waals surface area contributed by atoms with E-state index in [-0.39, 0.29) is 24.5 Å². The van der Waals surface area contributed by atoms with Gasteiger partial charge in [0.15, 0.2) is 0 Å². The molecule has 1 aromatic rings. The van der Waals surface area contributed by atoms with Gasteiger partial charge >= 0.3 is 5.97 Å². The number of anilines is 1. The Bertz CT molecular complexity index is 455. The fraction of sp³-hybridized carbons (Fsp3) is 0.500. The van der Waals surface area contributed by atoms with E-state index >= 15 is 0 Å². The molecule has 2 N–H and O–H groups in total. The third-order valence-corrected chi connectivity index (χ3v) is 2.74. The normalized spacial score (nSPS) is 10.5. The number of ether oxygens (including phenoxy) is 1. The molecule has 1 aromatic carbocycles. The highest BCUT2D eigenvalue weighted by molar-refractivity contribution is 5.94. The monoisotopic (exact) mass is 292 g/mol. The standard InChI is InChI=1S/C16H24N2O3/c1-4-5-10-17-11-15(19)18-14-8-6-13(7-9-14)16(20)21-12(2)3/h6-9,12,17H,4-5,10-11H2,1-3H3,(H,18,19). The Kier molecular flexibility index (Phi) is 7.46. The molecular weight excluding hydrogens is 268 g/mol. The van der Waals surface area contributed by atoms with Crippen molar-refractivity contribution in [3.05, 3.63) is 29.8 Å². The van der Waals surface area contributed by atoms with E-state index in [1.807, 2.05) is 0 Å². The Morgan fingerprint density at radius 2 is 1.86 bits per heavy atom. The zero-order valence-electron chi connectivity index (χ0n) is 12.9. The van der Waals surface area contributed by atoms with E-state index in [4.69, 9.17) is 4.74 Å². The van der Waals surface area contributed by atoms with Crippen molar-refractivity contribution in [3.8, 4) is 0 Å². The molecule has 0 aliphatic rings. The number of esters is 1. The smallest absolute Gasteiger partial charge is 0.338 e. The number of carbonyl (C=O) groups excluding carboxylic acids is 2. The number of amides is 1. The highest BCUT2D eigenvalue weighted by Crippen LogP contribution is 2.11. The molecule has 0 radical (unpaired) electrons. The molecule has 116 valence electrons. The molecule has 5 heteroatoms. The Morgan fingerprint density at radius 3 is 2.43 bits per heavy atom. The number of hydrogen-bond donors (Lipinski definition) is 2. The van der Waals surface area contributed by atoms with E-state index in [0.717, 1.165) is 19.4 Å². The number of unbranched alkanes of at least 4 members (excludes halogenated alkanes) is 1. The van der Waals surface area contributed by atoms with Crippen molar-refractivity contribution in [2.45, 2.75) is 39.7 Å². The zero-order valence-corrected chi connectivity index (χ0v) is 12.9. The molecule has 0 aliphatic carbocycles. The number of nitrogens with one attached hydrogen (secondary N) is 2. The largest absolute Gasteiger partial charge is 0.459 e. The van der Waals surface area contributed by atoms with Crippen molar-refractivity contribution in [2.24, 2.45) is 0 Å². The van der Waals surface area contributed by atoms with E-state index in [0.29, 0.717) is 11.3 Å². The van der Waals surface area contributed by atoms with Crippen molar-refractivity contribution in [1.82, 2.24) is 5.32 Å². The lowest BCUT2D eigenvalue weighted by Gasteiger charge is -2.09. The maximum absolute atomic E-state index is 11.7. The Morgan fingerprint density at radius 1 is 1.19 bits per heavy atom. The lowest BCUT2D eigenvalue weighted by atomic mass is 10.2. The SMILES string of the molecule is CCCCNCC(=O)Nc1ccc(C(=O)OC(C)C)cc1. The van der Waals surface area contributed by atoms with E-state index in [1.165, 1.54) is 0 Å². The number of carbonyl (C=O) groups is 2. The summed E-state index contributed by atoms with van der Waals surface area (Å²) in [5.74, 6) is -0.451.